The Balaban J connectivity index is 0.000000381. The summed E-state index contributed by atoms with van der Waals surface area (Å²) in [6.45, 7) is 9.36. The van der Waals surface area contributed by atoms with Gasteiger partial charge in [0.1, 0.15) is 19.1 Å². The van der Waals surface area contributed by atoms with E-state index in [4.69, 9.17) is 14.6 Å². The number of benzene rings is 1. The quantitative estimate of drug-likeness (QED) is 0.595. The number of alkyl halides is 3. The van der Waals surface area contributed by atoms with Crippen molar-refractivity contribution < 1.29 is 36.7 Å². The molecule has 1 aromatic carbocycles. The lowest BCUT2D eigenvalue weighted by molar-refractivity contribution is -0.915. The first-order chi connectivity index (χ1) is 11.6. The lowest BCUT2D eigenvalue weighted by atomic mass is 10.2. The van der Waals surface area contributed by atoms with Crippen molar-refractivity contribution in [3.63, 3.8) is 0 Å². The van der Waals surface area contributed by atoms with Gasteiger partial charge in [0.25, 0.3) is 0 Å². The molecule has 25 heavy (non-hydrogen) atoms. The lowest BCUT2D eigenvalue weighted by Gasteiger charge is -2.32. The minimum absolute atomic E-state index is 0.250. The van der Waals surface area contributed by atoms with Gasteiger partial charge in [-0.1, -0.05) is 6.07 Å². The second kappa shape index (κ2) is 9.03. The third-order valence-electron chi connectivity index (χ3n) is 4.33. The third-order valence-corrected chi connectivity index (χ3v) is 4.33. The largest absolute Gasteiger partial charge is 0.542 e. The summed E-state index contributed by atoms with van der Waals surface area (Å²) in [4.78, 5) is 8.78. The van der Waals surface area contributed by atoms with E-state index in [0.29, 0.717) is 12.4 Å². The summed E-state index contributed by atoms with van der Waals surface area (Å²) in [5.74, 6) is -2.87. The molecule has 0 aliphatic carbocycles. The van der Waals surface area contributed by atoms with E-state index < -0.39 is 12.1 Å². The molecule has 0 atom stereocenters. The highest BCUT2D eigenvalue weighted by Crippen LogP contribution is 2.21. The van der Waals surface area contributed by atoms with Crippen molar-refractivity contribution in [1.82, 2.24) is 0 Å². The highest BCUT2D eigenvalue weighted by atomic mass is 19.4. The second-order valence-electron chi connectivity index (χ2n) is 6.10. The van der Waals surface area contributed by atoms with E-state index >= 15 is 0 Å². The Labute approximate surface area is 144 Å². The van der Waals surface area contributed by atoms with Crippen LogP contribution in [0.5, 0.6) is 5.75 Å². The van der Waals surface area contributed by atoms with Gasteiger partial charge in [-0.05, 0) is 31.5 Å². The predicted molar refractivity (Wildman–Crippen MR) is 82.3 cm³/mol. The number of ether oxygens (including phenoxy) is 1. The first-order valence-corrected chi connectivity index (χ1v) is 8.12. The highest BCUT2D eigenvalue weighted by Gasteiger charge is 2.30. The fourth-order valence-corrected chi connectivity index (χ4v) is 2.78. The van der Waals surface area contributed by atoms with Crippen LogP contribution in [0.2, 0.25) is 0 Å². The second-order valence-corrected chi connectivity index (χ2v) is 6.10. The van der Waals surface area contributed by atoms with Crippen LogP contribution in [0.4, 0.5) is 17.6 Å². The average Bonchev–Trinajstić information content (AvgIpc) is 2.98. The standard InChI is InChI=1S/C15H23FNO.C2HF3O2/c1-3-17(8-4-5-9-17)10-11-18-15-7-6-13(2)12-14(15)16;3-2(4,5)1(6)7/h6-7,12H,3-5,8-11H2,1-2H3;(H,6,7)/q+1;/p-1. The van der Waals surface area contributed by atoms with Crippen molar-refractivity contribution in [2.24, 2.45) is 0 Å². The number of carboxylic acids is 1. The molecule has 0 aromatic heterocycles. The molecule has 0 bridgehead atoms. The van der Waals surface area contributed by atoms with Crippen molar-refractivity contribution in [2.45, 2.75) is 32.9 Å². The van der Waals surface area contributed by atoms with Gasteiger partial charge >= 0.3 is 6.18 Å². The molecular weight excluding hydrogens is 342 g/mol. The minimum Gasteiger partial charge on any atom is -0.542 e. The third kappa shape index (κ3) is 6.89. The number of carbonyl (C=O) groups is 1. The topological polar surface area (TPSA) is 49.4 Å². The van der Waals surface area contributed by atoms with E-state index in [1.165, 1.54) is 32.0 Å². The molecule has 1 aliphatic rings. The summed E-state index contributed by atoms with van der Waals surface area (Å²) >= 11 is 0. The van der Waals surface area contributed by atoms with Crippen LogP contribution in [0.25, 0.3) is 0 Å². The first kappa shape index (κ1) is 21.2. The van der Waals surface area contributed by atoms with Crippen molar-refractivity contribution >= 4 is 5.97 Å². The summed E-state index contributed by atoms with van der Waals surface area (Å²) in [5, 5.41) is 8.78. The Morgan fingerprint density at radius 3 is 2.28 bits per heavy atom. The van der Waals surface area contributed by atoms with Gasteiger partial charge in [-0.25, -0.2) is 4.39 Å². The van der Waals surface area contributed by atoms with E-state index in [-0.39, 0.29) is 5.82 Å². The van der Waals surface area contributed by atoms with Gasteiger partial charge < -0.3 is 19.1 Å². The monoisotopic (exact) mass is 365 g/mol. The number of likely N-dealkylation sites (tertiary alicyclic amines) is 1. The molecule has 2 rings (SSSR count). The van der Waals surface area contributed by atoms with Crippen LogP contribution < -0.4 is 9.84 Å². The van der Waals surface area contributed by atoms with Crippen LogP contribution in [-0.4, -0.2) is 49.4 Å². The molecule has 0 spiro atoms. The smallest absolute Gasteiger partial charge is 0.430 e. The Bertz CT molecular complexity index is 570. The number of carboxylic acid groups (broad SMARTS) is 1. The molecule has 1 heterocycles. The maximum Gasteiger partial charge on any atom is 0.430 e. The van der Waals surface area contributed by atoms with Crippen molar-refractivity contribution in [2.75, 3.05) is 32.8 Å². The predicted octanol–water partition coefficient (Wildman–Crippen LogP) is 2.44. The van der Waals surface area contributed by atoms with E-state index in [2.05, 4.69) is 6.92 Å². The first-order valence-electron chi connectivity index (χ1n) is 8.12. The van der Waals surface area contributed by atoms with E-state index in [0.717, 1.165) is 23.1 Å². The SMILES string of the molecule is CC[N+]1(CCOc2ccc(C)cc2F)CCCC1.O=C([O-])C(F)(F)F. The van der Waals surface area contributed by atoms with Crippen LogP contribution in [0.15, 0.2) is 18.2 Å². The molecule has 0 unspecified atom stereocenters. The lowest BCUT2D eigenvalue weighted by Crippen LogP contribution is -2.47. The average molecular weight is 365 g/mol. The molecule has 142 valence electrons. The summed E-state index contributed by atoms with van der Waals surface area (Å²) in [6.07, 6.45) is -2.57. The number of nitrogens with zero attached hydrogens (tertiary/aromatic N) is 1. The zero-order valence-corrected chi connectivity index (χ0v) is 14.4. The molecule has 8 heteroatoms. The molecule has 1 aliphatic heterocycles. The summed E-state index contributed by atoms with van der Waals surface area (Å²) in [6, 6.07) is 5.14. The molecular formula is C17H23F4NO3. The fourth-order valence-electron chi connectivity index (χ4n) is 2.78. The van der Waals surface area contributed by atoms with Crippen LogP contribution in [-0.2, 0) is 4.79 Å². The Morgan fingerprint density at radius 1 is 1.28 bits per heavy atom. The molecule has 0 amide bonds. The molecule has 1 aromatic rings. The summed E-state index contributed by atoms with van der Waals surface area (Å²) < 4.78 is 51.9. The summed E-state index contributed by atoms with van der Waals surface area (Å²) in [7, 11) is 0. The molecule has 1 saturated heterocycles. The van der Waals surface area contributed by atoms with Gasteiger partial charge in [0, 0.05) is 12.8 Å². The number of aliphatic carboxylic acids is 1. The number of aryl methyl sites for hydroxylation is 1. The number of halogens is 4. The van der Waals surface area contributed by atoms with Crippen molar-refractivity contribution in [1.29, 1.82) is 0 Å². The van der Waals surface area contributed by atoms with Crippen LogP contribution in [0, 0.1) is 12.7 Å². The van der Waals surface area contributed by atoms with Crippen molar-refractivity contribution in [3.05, 3.63) is 29.6 Å². The molecule has 4 nitrogen and oxygen atoms in total. The minimum atomic E-state index is -5.19. The van der Waals surface area contributed by atoms with E-state index in [9.17, 15) is 17.6 Å². The molecule has 0 radical (unpaired) electrons. The van der Waals surface area contributed by atoms with Gasteiger partial charge in [-0.2, -0.15) is 13.2 Å². The van der Waals surface area contributed by atoms with Crippen LogP contribution in [0.1, 0.15) is 25.3 Å². The Hall–Kier alpha value is -1.83. The normalized spacial score (nSPS) is 16.1. The maximum absolute atomic E-state index is 13.6. The van der Waals surface area contributed by atoms with E-state index in [1.54, 1.807) is 6.07 Å². The molecule has 0 saturated carbocycles. The van der Waals surface area contributed by atoms with Gasteiger partial charge in [0.15, 0.2) is 11.6 Å². The van der Waals surface area contributed by atoms with Gasteiger partial charge in [-0.3, -0.25) is 0 Å². The van der Waals surface area contributed by atoms with Crippen molar-refractivity contribution in [3.8, 4) is 5.75 Å². The van der Waals surface area contributed by atoms with E-state index in [1.807, 2.05) is 13.0 Å². The van der Waals surface area contributed by atoms with Gasteiger partial charge in [0.05, 0.1) is 19.6 Å². The zero-order valence-electron chi connectivity index (χ0n) is 14.4. The number of rotatable bonds is 5. The summed E-state index contributed by atoms with van der Waals surface area (Å²) in [5.41, 5.74) is 0.927. The Morgan fingerprint density at radius 2 is 1.84 bits per heavy atom. The fraction of sp³-hybridized carbons (Fsp3) is 0.588. The van der Waals surface area contributed by atoms with Gasteiger partial charge in [0.2, 0.25) is 0 Å². The molecule has 0 N–H and O–H groups in total. The Kier molecular flexibility index (Phi) is 7.66. The number of carbonyl (C=O) groups excluding carboxylic acids is 1. The number of hydrogen-bond acceptors (Lipinski definition) is 3. The number of likely N-dealkylation sites (N-methyl/N-ethyl adjacent to an activating group) is 1. The zero-order chi connectivity index (χ0) is 19.1. The number of quaternary nitrogens is 1. The highest BCUT2D eigenvalue weighted by molar-refractivity contribution is 5.70. The molecule has 1 fully saturated rings. The van der Waals surface area contributed by atoms with Gasteiger partial charge in [-0.15, -0.1) is 0 Å². The van der Waals surface area contributed by atoms with Crippen LogP contribution in [0.3, 0.4) is 0 Å². The number of hydrogen-bond donors (Lipinski definition) is 0. The van der Waals surface area contributed by atoms with Crippen LogP contribution >= 0.6 is 0 Å². The maximum atomic E-state index is 13.6.